The summed E-state index contributed by atoms with van der Waals surface area (Å²) in [5.74, 6) is -0.349. The van der Waals surface area contributed by atoms with Gasteiger partial charge in [0.25, 0.3) is 0 Å². The van der Waals surface area contributed by atoms with E-state index in [0.29, 0.717) is 18.7 Å². The molecule has 0 aliphatic heterocycles. The summed E-state index contributed by atoms with van der Waals surface area (Å²) in [7, 11) is 3.98. The number of hydrogen-bond acceptors (Lipinski definition) is 4. The van der Waals surface area contributed by atoms with Crippen molar-refractivity contribution in [2.75, 3.05) is 25.5 Å². The van der Waals surface area contributed by atoms with Crippen LogP contribution in [0.2, 0.25) is 0 Å². The van der Waals surface area contributed by atoms with Crippen LogP contribution in [0, 0.1) is 0 Å². The zero-order valence-electron chi connectivity index (χ0n) is 12.2. The van der Waals surface area contributed by atoms with Crippen LogP contribution in [0.25, 0.3) is 0 Å². The normalized spacial score (nSPS) is 12.1. The van der Waals surface area contributed by atoms with E-state index in [-0.39, 0.29) is 11.7 Å². The average Bonchev–Trinajstić information content (AvgIpc) is 2.93. The van der Waals surface area contributed by atoms with Gasteiger partial charge in [-0.05, 0) is 36.4 Å². The third-order valence-corrected chi connectivity index (χ3v) is 3.49. The van der Waals surface area contributed by atoms with Crippen LogP contribution in [-0.4, -0.2) is 31.7 Å². The topological polar surface area (TPSA) is 79.7 Å². The number of carbonyl (C=O) groups is 1. The van der Waals surface area contributed by atoms with Gasteiger partial charge >= 0.3 is 5.97 Å². The van der Waals surface area contributed by atoms with Crippen molar-refractivity contribution in [1.82, 2.24) is 0 Å². The lowest BCUT2D eigenvalue weighted by Crippen LogP contribution is -2.15. The number of furan rings is 1. The minimum Gasteiger partial charge on any atom is -0.475 e. The van der Waals surface area contributed by atoms with Crippen molar-refractivity contribution in [1.29, 1.82) is 0 Å². The predicted octanol–water partition coefficient (Wildman–Crippen LogP) is 2.33. The lowest BCUT2D eigenvalue weighted by Gasteiger charge is -2.17. The van der Waals surface area contributed by atoms with Gasteiger partial charge in [0.2, 0.25) is 5.76 Å². The summed E-state index contributed by atoms with van der Waals surface area (Å²) in [5.41, 5.74) is 8.10. The minimum absolute atomic E-state index is 0.0382. The van der Waals surface area contributed by atoms with Crippen molar-refractivity contribution in [2.24, 2.45) is 5.73 Å². The van der Waals surface area contributed by atoms with E-state index >= 15 is 0 Å². The summed E-state index contributed by atoms with van der Waals surface area (Å²) in [4.78, 5) is 12.9. The highest BCUT2D eigenvalue weighted by atomic mass is 16.4. The molecule has 2 rings (SSSR count). The zero-order valence-corrected chi connectivity index (χ0v) is 12.2. The fourth-order valence-corrected chi connectivity index (χ4v) is 2.23. The smallest absolute Gasteiger partial charge is 0.371 e. The first-order valence-corrected chi connectivity index (χ1v) is 6.80. The van der Waals surface area contributed by atoms with Gasteiger partial charge in [-0.1, -0.05) is 12.1 Å². The van der Waals surface area contributed by atoms with E-state index in [9.17, 15) is 4.79 Å². The molecule has 0 radical (unpaired) electrons. The molecule has 0 saturated carbocycles. The van der Waals surface area contributed by atoms with E-state index in [0.717, 1.165) is 11.3 Å². The lowest BCUT2D eigenvalue weighted by molar-refractivity contribution is 0.0660. The Morgan fingerprint density at radius 1 is 1.24 bits per heavy atom. The van der Waals surface area contributed by atoms with E-state index in [2.05, 4.69) is 0 Å². The molecule has 1 aromatic carbocycles. The van der Waals surface area contributed by atoms with Crippen LogP contribution in [0.15, 0.2) is 40.8 Å². The van der Waals surface area contributed by atoms with Crippen molar-refractivity contribution < 1.29 is 14.3 Å². The van der Waals surface area contributed by atoms with Gasteiger partial charge in [-0.15, -0.1) is 0 Å². The second-order valence-corrected chi connectivity index (χ2v) is 5.19. The molecule has 5 nitrogen and oxygen atoms in total. The summed E-state index contributed by atoms with van der Waals surface area (Å²) >= 11 is 0. The van der Waals surface area contributed by atoms with Gasteiger partial charge in [0.15, 0.2) is 0 Å². The maximum atomic E-state index is 10.8. The Morgan fingerprint density at radius 3 is 2.38 bits per heavy atom. The molecular formula is C16H20N2O3. The first kappa shape index (κ1) is 15.1. The van der Waals surface area contributed by atoms with Crippen molar-refractivity contribution >= 4 is 11.7 Å². The molecule has 0 fully saturated rings. The molecule has 3 N–H and O–H groups in total. The summed E-state index contributed by atoms with van der Waals surface area (Å²) in [6.45, 7) is 0.477. The molecule has 5 heteroatoms. The maximum Gasteiger partial charge on any atom is 0.371 e. The summed E-state index contributed by atoms with van der Waals surface area (Å²) in [5, 5.41) is 8.87. The highest BCUT2D eigenvalue weighted by Gasteiger charge is 2.15. The number of anilines is 1. The van der Waals surface area contributed by atoms with Gasteiger partial charge in [-0.3, -0.25) is 0 Å². The highest BCUT2D eigenvalue weighted by molar-refractivity contribution is 5.84. The van der Waals surface area contributed by atoms with Crippen molar-refractivity contribution in [3.05, 3.63) is 53.5 Å². The Hall–Kier alpha value is -2.27. The molecular weight excluding hydrogens is 268 g/mol. The summed E-state index contributed by atoms with van der Waals surface area (Å²) < 4.78 is 5.30. The lowest BCUT2D eigenvalue weighted by atomic mass is 9.94. The number of benzene rings is 1. The van der Waals surface area contributed by atoms with E-state index in [1.165, 1.54) is 6.07 Å². The van der Waals surface area contributed by atoms with Crippen LogP contribution >= 0.6 is 0 Å². The Labute approximate surface area is 124 Å². The van der Waals surface area contributed by atoms with Gasteiger partial charge in [-0.25, -0.2) is 4.79 Å². The van der Waals surface area contributed by atoms with Gasteiger partial charge in [0, 0.05) is 32.1 Å². The SMILES string of the molecule is CN(C)c1ccc(C(CN)Cc2ccc(C(=O)O)o2)cc1. The molecule has 0 amide bonds. The van der Waals surface area contributed by atoms with Gasteiger partial charge in [-0.2, -0.15) is 0 Å². The minimum atomic E-state index is -1.05. The number of rotatable bonds is 6. The molecule has 1 aromatic heterocycles. The first-order chi connectivity index (χ1) is 10.0. The van der Waals surface area contributed by atoms with Crippen molar-refractivity contribution in [3.63, 3.8) is 0 Å². The molecule has 0 spiro atoms. The quantitative estimate of drug-likeness (QED) is 0.852. The fraction of sp³-hybridized carbons (Fsp3) is 0.312. The van der Waals surface area contributed by atoms with E-state index < -0.39 is 5.97 Å². The third-order valence-electron chi connectivity index (χ3n) is 3.49. The highest BCUT2D eigenvalue weighted by Crippen LogP contribution is 2.23. The Bertz CT molecular complexity index is 602. The summed E-state index contributed by atoms with van der Waals surface area (Å²) in [6, 6.07) is 11.4. The Kier molecular flexibility index (Phi) is 4.65. The largest absolute Gasteiger partial charge is 0.475 e. The van der Waals surface area contributed by atoms with Crippen LogP contribution in [0.3, 0.4) is 0 Å². The van der Waals surface area contributed by atoms with Crippen LogP contribution < -0.4 is 10.6 Å². The van der Waals surface area contributed by atoms with Gasteiger partial charge < -0.3 is 20.2 Å². The van der Waals surface area contributed by atoms with E-state index in [1.807, 2.05) is 43.3 Å². The van der Waals surface area contributed by atoms with Crippen LogP contribution in [0.1, 0.15) is 27.8 Å². The standard InChI is InChI=1S/C16H20N2O3/c1-18(2)13-5-3-11(4-6-13)12(10-17)9-14-7-8-15(21-14)16(19)20/h3-8,12H,9-10,17H2,1-2H3,(H,19,20). The molecule has 2 aromatic rings. The van der Waals surface area contributed by atoms with E-state index in [1.54, 1.807) is 6.07 Å². The molecule has 112 valence electrons. The monoisotopic (exact) mass is 288 g/mol. The molecule has 0 bridgehead atoms. The van der Waals surface area contributed by atoms with Crippen LogP contribution in [0.4, 0.5) is 5.69 Å². The van der Waals surface area contributed by atoms with Crippen LogP contribution in [-0.2, 0) is 6.42 Å². The zero-order chi connectivity index (χ0) is 15.4. The number of nitrogens with zero attached hydrogens (tertiary/aromatic N) is 1. The number of carboxylic acid groups (broad SMARTS) is 1. The Balaban J connectivity index is 2.13. The predicted molar refractivity (Wildman–Crippen MR) is 81.9 cm³/mol. The van der Waals surface area contributed by atoms with E-state index in [4.69, 9.17) is 15.3 Å². The molecule has 0 aliphatic rings. The van der Waals surface area contributed by atoms with Crippen LogP contribution in [0.5, 0.6) is 0 Å². The maximum absolute atomic E-state index is 10.8. The number of nitrogens with two attached hydrogens (primary N) is 1. The third kappa shape index (κ3) is 3.64. The molecule has 21 heavy (non-hydrogen) atoms. The summed E-state index contributed by atoms with van der Waals surface area (Å²) in [6.07, 6.45) is 0.588. The van der Waals surface area contributed by atoms with Gasteiger partial charge in [0.05, 0.1) is 0 Å². The van der Waals surface area contributed by atoms with Crippen molar-refractivity contribution in [3.8, 4) is 0 Å². The molecule has 0 aliphatic carbocycles. The van der Waals surface area contributed by atoms with Gasteiger partial charge in [0.1, 0.15) is 5.76 Å². The fourth-order valence-electron chi connectivity index (χ4n) is 2.23. The second kappa shape index (κ2) is 6.45. The molecule has 0 saturated heterocycles. The number of carboxylic acids is 1. The number of hydrogen-bond donors (Lipinski definition) is 2. The first-order valence-electron chi connectivity index (χ1n) is 6.80. The van der Waals surface area contributed by atoms with Crippen molar-refractivity contribution in [2.45, 2.75) is 12.3 Å². The number of aromatic carboxylic acids is 1. The Morgan fingerprint density at radius 2 is 1.90 bits per heavy atom. The molecule has 1 unspecified atom stereocenters. The molecule has 1 heterocycles. The molecule has 1 atom stereocenters. The second-order valence-electron chi connectivity index (χ2n) is 5.19. The average molecular weight is 288 g/mol.